The molecule has 0 amide bonds. The van der Waals surface area contributed by atoms with Gasteiger partial charge in [-0.05, 0) is 23.8 Å². The highest BCUT2D eigenvalue weighted by Crippen LogP contribution is 2.15. The molecule has 1 aromatic heterocycles. The van der Waals surface area contributed by atoms with E-state index in [0.29, 0.717) is 0 Å². The van der Waals surface area contributed by atoms with E-state index in [4.69, 9.17) is 4.74 Å². The average Bonchev–Trinajstić information content (AvgIpc) is 3.23. The number of guanidine groups is 1. The molecular weight excluding hydrogens is 423 g/mol. The van der Waals surface area contributed by atoms with Crippen LogP contribution in [0.3, 0.4) is 0 Å². The molecule has 0 spiro atoms. The molecule has 130 valence electrons. The van der Waals surface area contributed by atoms with E-state index in [9.17, 15) is 0 Å². The van der Waals surface area contributed by atoms with Gasteiger partial charge >= 0.3 is 0 Å². The number of aliphatic imine (C=N–C) groups is 1. The maximum atomic E-state index is 5.48. The number of rotatable bonds is 4. The van der Waals surface area contributed by atoms with E-state index in [1.165, 1.54) is 17.8 Å². The van der Waals surface area contributed by atoms with Crippen LogP contribution in [0, 0.1) is 5.92 Å². The number of hydrogen-bond donors (Lipinski definition) is 1. The van der Waals surface area contributed by atoms with Gasteiger partial charge in [0.05, 0.1) is 13.2 Å². The molecule has 1 unspecified atom stereocenters. The number of hydrogen-bond acceptors (Lipinski definition) is 4. The second-order valence-corrected chi connectivity index (χ2v) is 7.03. The van der Waals surface area contributed by atoms with E-state index < -0.39 is 0 Å². The fraction of sp³-hybridized carbons (Fsp3) is 0.688. The van der Waals surface area contributed by atoms with Crippen LogP contribution in [-0.4, -0.2) is 68.7 Å². The van der Waals surface area contributed by atoms with Gasteiger partial charge in [0, 0.05) is 51.3 Å². The Hall–Kier alpha value is -0.380. The third-order valence-electron chi connectivity index (χ3n) is 4.42. The van der Waals surface area contributed by atoms with E-state index in [0.717, 1.165) is 57.8 Å². The average molecular weight is 450 g/mol. The van der Waals surface area contributed by atoms with Crippen molar-refractivity contribution in [1.82, 2.24) is 15.1 Å². The molecule has 0 aliphatic carbocycles. The summed E-state index contributed by atoms with van der Waals surface area (Å²) in [4.78, 5) is 10.7. The van der Waals surface area contributed by atoms with E-state index in [2.05, 4.69) is 37.6 Å². The molecule has 7 heteroatoms. The Labute approximate surface area is 160 Å². The van der Waals surface area contributed by atoms with Crippen LogP contribution in [-0.2, 0) is 11.3 Å². The Bertz CT molecular complexity index is 468. The number of nitrogens with one attached hydrogen (secondary N) is 1. The zero-order chi connectivity index (χ0) is 15.2. The van der Waals surface area contributed by atoms with Gasteiger partial charge in [0.15, 0.2) is 5.96 Å². The molecule has 5 nitrogen and oxygen atoms in total. The highest BCUT2D eigenvalue weighted by atomic mass is 127. The first-order valence-corrected chi connectivity index (χ1v) is 9.01. The first kappa shape index (κ1) is 19.0. The number of thiophene rings is 1. The van der Waals surface area contributed by atoms with Gasteiger partial charge in [0.2, 0.25) is 0 Å². The fourth-order valence-electron chi connectivity index (χ4n) is 3.15. The van der Waals surface area contributed by atoms with Crippen molar-refractivity contribution in [2.24, 2.45) is 10.9 Å². The van der Waals surface area contributed by atoms with Gasteiger partial charge in [-0.3, -0.25) is 9.89 Å². The van der Waals surface area contributed by atoms with E-state index in [1.54, 1.807) is 11.3 Å². The monoisotopic (exact) mass is 450 g/mol. The second kappa shape index (κ2) is 9.80. The Kier molecular flexibility index (Phi) is 8.08. The molecule has 0 aromatic carbocycles. The van der Waals surface area contributed by atoms with E-state index in [-0.39, 0.29) is 24.0 Å². The maximum absolute atomic E-state index is 5.48. The lowest BCUT2D eigenvalue weighted by molar-refractivity contribution is 0.139. The lowest BCUT2D eigenvalue weighted by Gasteiger charge is -2.37. The Morgan fingerprint density at radius 3 is 2.83 bits per heavy atom. The summed E-state index contributed by atoms with van der Waals surface area (Å²) in [6.07, 6.45) is 1.23. The highest BCUT2D eigenvalue weighted by Gasteiger charge is 2.23. The normalized spacial score (nSPS) is 22.9. The Morgan fingerprint density at radius 1 is 1.39 bits per heavy atom. The van der Waals surface area contributed by atoms with Crippen LogP contribution in [0.4, 0.5) is 0 Å². The number of halogens is 1. The number of piperazine rings is 1. The van der Waals surface area contributed by atoms with Crippen LogP contribution in [0.15, 0.2) is 22.5 Å². The van der Waals surface area contributed by atoms with Gasteiger partial charge in [-0.1, -0.05) is 6.07 Å². The summed E-state index contributed by atoms with van der Waals surface area (Å²) in [6, 6.07) is 4.25. The summed E-state index contributed by atoms with van der Waals surface area (Å²) in [6.45, 7) is 8.30. The number of ether oxygens (including phenoxy) is 1. The van der Waals surface area contributed by atoms with Crippen molar-refractivity contribution >= 4 is 41.3 Å². The summed E-state index contributed by atoms with van der Waals surface area (Å²) >= 11 is 1.78. The van der Waals surface area contributed by atoms with Gasteiger partial charge in [-0.15, -0.1) is 35.3 Å². The smallest absolute Gasteiger partial charge is 0.194 e. The van der Waals surface area contributed by atoms with Crippen LogP contribution in [0.25, 0.3) is 0 Å². The second-order valence-electron chi connectivity index (χ2n) is 6.00. The summed E-state index contributed by atoms with van der Waals surface area (Å²) in [5.41, 5.74) is 0. The van der Waals surface area contributed by atoms with Crippen LogP contribution in [0.1, 0.15) is 11.3 Å². The maximum Gasteiger partial charge on any atom is 0.194 e. The van der Waals surface area contributed by atoms with Crippen LogP contribution in [0.2, 0.25) is 0 Å². The van der Waals surface area contributed by atoms with Crippen molar-refractivity contribution in [1.29, 1.82) is 0 Å². The highest BCUT2D eigenvalue weighted by molar-refractivity contribution is 14.0. The molecule has 2 aliphatic rings. The molecule has 1 atom stereocenters. The summed E-state index contributed by atoms with van der Waals surface area (Å²) < 4.78 is 5.48. The van der Waals surface area contributed by atoms with Gasteiger partial charge in [0.25, 0.3) is 0 Å². The van der Waals surface area contributed by atoms with Crippen LogP contribution < -0.4 is 5.32 Å². The molecular formula is C16H27IN4OS. The van der Waals surface area contributed by atoms with Crippen LogP contribution in [0.5, 0.6) is 0 Å². The molecule has 0 saturated carbocycles. The topological polar surface area (TPSA) is 40.1 Å². The third kappa shape index (κ3) is 5.58. The van der Waals surface area contributed by atoms with E-state index in [1.807, 2.05) is 7.05 Å². The molecule has 0 radical (unpaired) electrons. The minimum atomic E-state index is 0. The van der Waals surface area contributed by atoms with Crippen molar-refractivity contribution in [2.45, 2.75) is 13.0 Å². The van der Waals surface area contributed by atoms with Crippen molar-refractivity contribution in [3.05, 3.63) is 22.4 Å². The zero-order valence-electron chi connectivity index (χ0n) is 13.7. The van der Waals surface area contributed by atoms with Crippen molar-refractivity contribution in [3.63, 3.8) is 0 Å². The van der Waals surface area contributed by atoms with Gasteiger partial charge in [-0.2, -0.15) is 0 Å². The molecule has 1 aromatic rings. The molecule has 2 aliphatic heterocycles. The SMILES string of the molecule is CN=C(NCc1cccs1)N1CCN(CC2CCOC2)CC1.I. The molecule has 3 rings (SSSR count). The lowest BCUT2D eigenvalue weighted by atomic mass is 10.1. The summed E-state index contributed by atoms with van der Waals surface area (Å²) in [5.74, 6) is 1.76. The summed E-state index contributed by atoms with van der Waals surface area (Å²) in [5, 5.41) is 5.59. The zero-order valence-corrected chi connectivity index (χ0v) is 16.9. The van der Waals surface area contributed by atoms with Crippen LogP contribution >= 0.6 is 35.3 Å². The minimum Gasteiger partial charge on any atom is -0.381 e. The Morgan fingerprint density at radius 2 is 2.22 bits per heavy atom. The predicted octanol–water partition coefficient (Wildman–Crippen LogP) is 2.10. The molecule has 2 saturated heterocycles. The molecule has 2 fully saturated rings. The first-order chi connectivity index (χ1) is 10.8. The van der Waals surface area contributed by atoms with Crippen molar-refractivity contribution < 1.29 is 4.74 Å². The molecule has 23 heavy (non-hydrogen) atoms. The van der Waals surface area contributed by atoms with Gasteiger partial charge in [-0.25, -0.2) is 0 Å². The Balaban J connectivity index is 0.00000192. The molecule has 3 heterocycles. The molecule has 1 N–H and O–H groups in total. The fourth-order valence-corrected chi connectivity index (χ4v) is 3.79. The summed E-state index contributed by atoms with van der Waals surface area (Å²) in [7, 11) is 1.87. The standard InChI is InChI=1S/C16H26N4OS.HI/c1-17-16(18-11-15-3-2-10-22-15)20-7-5-19(6-8-20)12-14-4-9-21-13-14;/h2-3,10,14H,4-9,11-13H2,1H3,(H,17,18);1H. The number of nitrogens with zero attached hydrogens (tertiary/aromatic N) is 3. The quantitative estimate of drug-likeness (QED) is 0.434. The minimum absolute atomic E-state index is 0. The largest absolute Gasteiger partial charge is 0.381 e. The third-order valence-corrected chi connectivity index (χ3v) is 5.30. The first-order valence-electron chi connectivity index (χ1n) is 8.13. The van der Waals surface area contributed by atoms with Gasteiger partial charge in [0.1, 0.15) is 0 Å². The van der Waals surface area contributed by atoms with Gasteiger partial charge < -0.3 is 15.0 Å². The predicted molar refractivity (Wildman–Crippen MR) is 107 cm³/mol. The van der Waals surface area contributed by atoms with Crippen molar-refractivity contribution in [3.8, 4) is 0 Å². The molecule has 0 bridgehead atoms. The lowest BCUT2D eigenvalue weighted by Crippen LogP contribution is -2.53. The van der Waals surface area contributed by atoms with Crippen molar-refractivity contribution in [2.75, 3.05) is 53.0 Å². The van der Waals surface area contributed by atoms with E-state index >= 15 is 0 Å².